The zero-order valence-corrected chi connectivity index (χ0v) is 8.53. The van der Waals surface area contributed by atoms with Crippen LogP contribution in [0.15, 0.2) is 27.5 Å². The van der Waals surface area contributed by atoms with E-state index in [0.29, 0.717) is 12.4 Å². The van der Waals surface area contributed by atoms with Crippen LogP contribution in [0.1, 0.15) is 5.56 Å². The summed E-state index contributed by atoms with van der Waals surface area (Å²) in [7, 11) is 3.05. The third-order valence-corrected chi connectivity index (χ3v) is 2.27. The van der Waals surface area contributed by atoms with Gasteiger partial charge in [-0.05, 0) is 39.7 Å². The van der Waals surface area contributed by atoms with Gasteiger partial charge in [-0.2, -0.15) is 0 Å². The van der Waals surface area contributed by atoms with Crippen LogP contribution in [0, 0.1) is 0 Å². The molecule has 0 radical (unpaired) electrons. The maximum Gasteiger partial charge on any atom is 0.206 e. The Morgan fingerprint density at radius 1 is 1.50 bits per heavy atom. The quantitative estimate of drug-likeness (QED) is 0.785. The molecule has 0 spiro atoms. The van der Waals surface area contributed by atoms with Gasteiger partial charge in [-0.15, -0.1) is 0 Å². The lowest BCUT2D eigenvalue weighted by Gasteiger charge is -1.96. The molecular weight excluding hydrogens is 197 g/mol. The van der Waals surface area contributed by atoms with Crippen LogP contribution in [0.3, 0.4) is 0 Å². The number of aromatic nitrogens is 1. The van der Waals surface area contributed by atoms with Gasteiger partial charge in [-0.1, -0.05) is 11.2 Å². The second kappa shape index (κ2) is 3.86. The summed E-state index contributed by atoms with van der Waals surface area (Å²) in [5.41, 5.74) is 7.38. The van der Waals surface area contributed by atoms with Crippen LogP contribution in [0.4, 0.5) is 5.82 Å². The van der Waals surface area contributed by atoms with Crippen LogP contribution in [-0.2, 0) is 6.42 Å². The van der Waals surface area contributed by atoms with E-state index in [4.69, 9.17) is 10.3 Å². The fourth-order valence-electron chi connectivity index (χ4n) is 1.38. The van der Waals surface area contributed by atoms with E-state index >= 15 is 0 Å². The first-order chi connectivity index (χ1) is 6.85. The van der Waals surface area contributed by atoms with Crippen molar-refractivity contribution in [1.29, 1.82) is 0 Å². The predicted octanol–water partition coefficient (Wildman–Crippen LogP) is 2.29. The average molecular weight is 207 g/mol. The van der Waals surface area contributed by atoms with Crippen molar-refractivity contribution in [3.63, 3.8) is 0 Å². The number of hydrogen-bond donors (Lipinski definition) is 1. The first kappa shape index (κ1) is 9.31. The van der Waals surface area contributed by atoms with Gasteiger partial charge in [0, 0.05) is 0 Å². The number of benzene rings is 1. The van der Waals surface area contributed by atoms with Gasteiger partial charge in [0.05, 0.1) is 5.39 Å². The minimum atomic E-state index is 0.565. The molecule has 2 rings (SSSR count). The number of rotatable bonds is 3. The summed E-state index contributed by atoms with van der Waals surface area (Å²) in [6, 6.07) is 5.86. The van der Waals surface area contributed by atoms with E-state index < -0.39 is 0 Å². The first-order valence-electron chi connectivity index (χ1n) is 4.31. The fraction of sp³-hybridized carbons (Fsp3) is 0.222. The van der Waals surface area contributed by atoms with Gasteiger partial charge in [-0.25, -0.2) is 4.74 Å². The molecule has 0 aliphatic carbocycles. The van der Waals surface area contributed by atoms with Crippen LogP contribution in [0.25, 0.3) is 11.0 Å². The Morgan fingerprint density at radius 2 is 2.36 bits per heavy atom. The molecule has 0 unspecified atom stereocenters. The fourth-order valence-corrected chi connectivity index (χ4v) is 1.54. The molecule has 0 saturated heterocycles. The van der Waals surface area contributed by atoms with E-state index in [-0.39, 0.29) is 0 Å². The maximum absolute atomic E-state index is 5.48. The van der Waals surface area contributed by atoms with Gasteiger partial charge in [0.25, 0.3) is 0 Å². The average Bonchev–Trinajstić information content (AvgIpc) is 2.60. The van der Waals surface area contributed by atoms with Crippen molar-refractivity contribution in [1.82, 2.24) is 5.16 Å². The van der Waals surface area contributed by atoms with Crippen molar-refractivity contribution >= 4 is 25.8 Å². The van der Waals surface area contributed by atoms with Gasteiger partial charge < -0.3 is 10.3 Å². The molecule has 5 heteroatoms. The topological polar surface area (TPSA) is 64.4 Å². The highest BCUT2D eigenvalue weighted by Crippen LogP contribution is 2.26. The monoisotopic (exact) mass is 207 g/mol. The molecule has 2 N–H and O–H groups in total. The third-order valence-electron chi connectivity index (χ3n) is 2.05. The van der Waals surface area contributed by atoms with Crippen LogP contribution in [0.5, 0.6) is 0 Å². The highest BCUT2D eigenvalue weighted by atomic mass is 31.0. The maximum atomic E-state index is 5.48. The molecule has 14 heavy (non-hydrogen) atoms. The Balaban J connectivity index is 2.55. The summed E-state index contributed by atoms with van der Waals surface area (Å²) < 4.78 is 8.90. The van der Waals surface area contributed by atoms with Crippen LogP contribution in [-0.4, -0.2) is 11.7 Å². The molecule has 0 atom stereocenters. The molecule has 0 fully saturated rings. The Kier molecular flexibility index (Phi) is 2.57. The van der Waals surface area contributed by atoms with Crippen molar-refractivity contribution in [3.05, 3.63) is 23.8 Å². The van der Waals surface area contributed by atoms with Gasteiger partial charge in [0.15, 0.2) is 5.58 Å². The minimum Gasteiger partial charge on any atom is -0.354 e. The van der Waals surface area contributed by atoms with Gasteiger partial charge in [0.1, 0.15) is 0 Å². The van der Waals surface area contributed by atoms with E-state index in [2.05, 4.69) is 18.9 Å². The lowest BCUT2D eigenvalue weighted by molar-refractivity contribution is 0.459. The van der Waals surface area contributed by atoms with E-state index in [1.165, 1.54) is 5.56 Å². The van der Waals surface area contributed by atoms with Crippen molar-refractivity contribution in [2.75, 3.05) is 6.54 Å². The molecule has 0 aliphatic heterocycles. The third kappa shape index (κ3) is 1.54. The minimum absolute atomic E-state index is 0.565. The smallest absolute Gasteiger partial charge is 0.206 e. The SMILES string of the molecule is NCCc1ccc2onc(N=P)c2c1. The van der Waals surface area contributed by atoms with Gasteiger partial charge in [0.2, 0.25) is 5.82 Å². The molecule has 1 heterocycles. The molecule has 4 nitrogen and oxygen atoms in total. The zero-order valence-electron chi connectivity index (χ0n) is 7.53. The molecule has 0 saturated carbocycles. The Labute approximate surface area is 83.4 Å². The van der Waals surface area contributed by atoms with E-state index in [0.717, 1.165) is 17.4 Å². The van der Waals surface area contributed by atoms with Crippen molar-refractivity contribution < 1.29 is 4.52 Å². The van der Waals surface area contributed by atoms with Gasteiger partial charge >= 0.3 is 0 Å². The molecule has 0 bridgehead atoms. The Bertz CT molecular complexity index is 466. The van der Waals surface area contributed by atoms with Crippen LogP contribution >= 0.6 is 9.03 Å². The first-order valence-corrected chi connectivity index (χ1v) is 4.75. The van der Waals surface area contributed by atoms with E-state index in [1.54, 1.807) is 0 Å². The van der Waals surface area contributed by atoms with Crippen LogP contribution in [0.2, 0.25) is 0 Å². The summed E-state index contributed by atoms with van der Waals surface area (Å²) in [4.78, 5) is 0. The standard InChI is InChI=1S/C9H10N3OP/c10-4-3-6-1-2-8-7(5-6)9(12-14)11-13-8/h1-2,5,14H,3-4,10H2. The molecule has 1 aromatic heterocycles. The normalized spacial score (nSPS) is 10.6. The number of nitrogens with zero attached hydrogens (tertiary/aromatic N) is 2. The molecule has 0 aliphatic rings. The van der Waals surface area contributed by atoms with Crippen molar-refractivity contribution in [2.45, 2.75) is 6.42 Å². The second-order valence-electron chi connectivity index (χ2n) is 2.99. The van der Waals surface area contributed by atoms with E-state index in [1.807, 2.05) is 18.2 Å². The lowest BCUT2D eigenvalue weighted by Crippen LogP contribution is -2.02. The second-order valence-corrected chi connectivity index (χ2v) is 3.21. The van der Waals surface area contributed by atoms with E-state index in [9.17, 15) is 0 Å². The summed E-state index contributed by atoms with van der Waals surface area (Å²) in [6.07, 6.45) is 0.849. The van der Waals surface area contributed by atoms with Crippen LogP contribution < -0.4 is 5.73 Å². The number of fused-ring (bicyclic) bond motifs is 1. The molecule has 0 amide bonds. The predicted molar refractivity (Wildman–Crippen MR) is 57.2 cm³/mol. The van der Waals surface area contributed by atoms with Crippen molar-refractivity contribution in [2.24, 2.45) is 10.5 Å². The highest BCUT2D eigenvalue weighted by Gasteiger charge is 2.06. The number of hydrogen-bond acceptors (Lipinski definition) is 4. The largest absolute Gasteiger partial charge is 0.354 e. The zero-order chi connectivity index (χ0) is 9.97. The molecule has 72 valence electrons. The van der Waals surface area contributed by atoms with Gasteiger partial charge in [-0.3, -0.25) is 0 Å². The highest BCUT2D eigenvalue weighted by molar-refractivity contribution is 7.04. The summed E-state index contributed by atoms with van der Waals surface area (Å²) in [5, 5.41) is 4.70. The number of nitrogens with two attached hydrogens (primary N) is 1. The Hall–Kier alpha value is -1.25. The summed E-state index contributed by atoms with van der Waals surface area (Å²) >= 11 is 0. The summed E-state index contributed by atoms with van der Waals surface area (Å²) in [6.45, 7) is 0.636. The van der Waals surface area contributed by atoms with Crippen molar-refractivity contribution in [3.8, 4) is 0 Å². The lowest BCUT2D eigenvalue weighted by atomic mass is 10.1. The molecular formula is C9H10N3OP. The summed E-state index contributed by atoms with van der Waals surface area (Å²) in [5.74, 6) is 0.565. The molecule has 1 aromatic carbocycles. The molecule has 2 aromatic rings. The Morgan fingerprint density at radius 3 is 3.07 bits per heavy atom.